The van der Waals surface area contributed by atoms with Gasteiger partial charge >= 0.3 is 0 Å². The molecule has 92 valence electrons. The quantitative estimate of drug-likeness (QED) is 0.737. The number of benzene rings is 1. The van der Waals surface area contributed by atoms with Crippen molar-refractivity contribution in [3.63, 3.8) is 0 Å². The molecule has 0 saturated carbocycles. The van der Waals surface area contributed by atoms with Crippen molar-refractivity contribution in [1.29, 1.82) is 0 Å². The highest BCUT2D eigenvalue weighted by Crippen LogP contribution is 2.07. The van der Waals surface area contributed by atoms with Crippen molar-refractivity contribution in [2.24, 2.45) is 4.99 Å². The molecule has 0 fully saturated rings. The smallest absolute Gasteiger partial charge is 0.243 e. The second kappa shape index (κ2) is 6.13. The number of amides is 1. The van der Waals surface area contributed by atoms with E-state index in [9.17, 15) is 9.18 Å². The van der Waals surface area contributed by atoms with Crippen LogP contribution in [0.3, 0.4) is 0 Å². The zero-order valence-electron chi connectivity index (χ0n) is 10.4. The van der Waals surface area contributed by atoms with Gasteiger partial charge < -0.3 is 4.90 Å². The molecule has 0 radical (unpaired) electrons. The van der Waals surface area contributed by atoms with Gasteiger partial charge in [0.25, 0.3) is 0 Å². The first-order chi connectivity index (χ1) is 8.06. The highest BCUT2D eigenvalue weighted by Gasteiger charge is 2.07. The fraction of sp³-hybridized carbons (Fsp3) is 0.385. The zero-order valence-corrected chi connectivity index (χ0v) is 10.4. The first kappa shape index (κ1) is 13.4. The highest BCUT2D eigenvalue weighted by atomic mass is 19.1. The molecule has 0 aliphatic carbocycles. The van der Waals surface area contributed by atoms with E-state index in [0.717, 1.165) is 0 Å². The average molecular weight is 236 g/mol. The van der Waals surface area contributed by atoms with E-state index in [1.807, 2.05) is 6.92 Å². The molecular formula is C13H17FN2O. The number of nitrogens with zero attached hydrogens (tertiary/aromatic N) is 2. The third-order valence-corrected chi connectivity index (χ3v) is 2.62. The van der Waals surface area contributed by atoms with Crippen LogP contribution >= 0.6 is 0 Å². The van der Waals surface area contributed by atoms with E-state index in [1.54, 1.807) is 37.1 Å². The largest absolute Gasteiger partial charge is 0.344 e. The molecule has 0 unspecified atom stereocenters. The number of likely N-dealkylation sites (N-methyl/N-ethyl adjacent to an activating group) is 1. The topological polar surface area (TPSA) is 32.7 Å². The summed E-state index contributed by atoms with van der Waals surface area (Å²) in [5, 5.41) is 0. The van der Waals surface area contributed by atoms with E-state index in [1.165, 1.54) is 6.07 Å². The minimum absolute atomic E-state index is 0.0600. The first-order valence-electron chi connectivity index (χ1n) is 5.56. The number of hydrogen-bond donors (Lipinski definition) is 0. The summed E-state index contributed by atoms with van der Waals surface area (Å²) in [6, 6.07) is 6.41. The van der Waals surface area contributed by atoms with E-state index in [2.05, 4.69) is 4.99 Å². The van der Waals surface area contributed by atoms with Gasteiger partial charge in [0.2, 0.25) is 5.91 Å². The summed E-state index contributed by atoms with van der Waals surface area (Å²) in [6.07, 6.45) is 0. The number of hydrogen-bond acceptors (Lipinski definition) is 2. The van der Waals surface area contributed by atoms with Crippen molar-refractivity contribution in [2.45, 2.75) is 13.8 Å². The number of carbonyl (C=O) groups is 1. The van der Waals surface area contributed by atoms with Gasteiger partial charge in [-0.1, -0.05) is 18.2 Å². The minimum Gasteiger partial charge on any atom is -0.344 e. The van der Waals surface area contributed by atoms with E-state index in [0.29, 0.717) is 17.8 Å². The van der Waals surface area contributed by atoms with Crippen molar-refractivity contribution in [3.05, 3.63) is 35.6 Å². The molecule has 1 aromatic rings. The predicted octanol–water partition coefficient (Wildman–Crippen LogP) is 2.11. The summed E-state index contributed by atoms with van der Waals surface area (Å²) in [4.78, 5) is 17.2. The van der Waals surface area contributed by atoms with Crippen molar-refractivity contribution in [3.8, 4) is 0 Å². The Morgan fingerprint density at radius 1 is 1.41 bits per heavy atom. The molecule has 0 heterocycles. The van der Waals surface area contributed by atoms with Crippen LogP contribution < -0.4 is 0 Å². The second-order valence-corrected chi connectivity index (χ2v) is 3.79. The molecule has 4 heteroatoms. The Hall–Kier alpha value is -1.71. The Labute approximate surface area is 101 Å². The maximum absolute atomic E-state index is 13.4. The Bertz CT molecular complexity index is 429. The van der Waals surface area contributed by atoms with Gasteiger partial charge in [-0.15, -0.1) is 0 Å². The van der Waals surface area contributed by atoms with Crippen LogP contribution in [-0.4, -0.2) is 36.7 Å². The zero-order chi connectivity index (χ0) is 12.8. The van der Waals surface area contributed by atoms with E-state index in [-0.39, 0.29) is 18.3 Å². The monoisotopic (exact) mass is 236 g/mol. The normalized spacial score (nSPS) is 11.4. The molecule has 0 spiro atoms. The van der Waals surface area contributed by atoms with Crippen molar-refractivity contribution in [1.82, 2.24) is 4.90 Å². The van der Waals surface area contributed by atoms with E-state index >= 15 is 0 Å². The van der Waals surface area contributed by atoms with Gasteiger partial charge in [0.1, 0.15) is 12.4 Å². The highest BCUT2D eigenvalue weighted by molar-refractivity contribution is 5.99. The molecule has 0 aliphatic rings. The van der Waals surface area contributed by atoms with Crippen LogP contribution in [0.2, 0.25) is 0 Å². The van der Waals surface area contributed by atoms with Crippen LogP contribution in [0.25, 0.3) is 0 Å². The molecule has 0 atom stereocenters. The Morgan fingerprint density at radius 2 is 2.06 bits per heavy atom. The van der Waals surface area contributed by atoms with Crippen molar-refractivity contribution in [2.75, 3.05) is 20.1 Å². The lowest BCUT2D eigenvalue weighted by Gasteiger charge is -2.12. The number of carbonyl (C=O) groups excluding carboxylic acids is 1. The summed E-state index contributed by atoms with van der Waals surface area (Å²) >= 11 is 0. The fourth-order valence-electron chi connectivity index (χ4n) is 1.32. The van der Waals surface area contributed by atoms with Crippen LogP contribution in [-0.2, 0) is 4.79 Å². The van der Waals surface area contributed by atoms with Gasteiger partial charge in [0.05, 0.1) is 0 Å². The van der Waals surface area contributed by atoms with Crippen LogP contribution in [0.4, 0.5) is 4.39 Å². The van der Waals surface area contributed by atoms with Crippen molar-refractivity contribution < 1.29 is 9.18 Å². The summed E-state index contributed by atoms with van der Waals surface area (Å²) < 4.78 is 13.4. The summed E-state index contributed by atoms with van der Waals surface area (Å²) in [7, 11) is 1.72. The van der Waals surface area contributed by atoms with E-state index < -0.39 is 0 Å². The van der Waals surface area contributed by atoms with Gasteiger partial charge in [-0.3, -0.25) is 9.79 Å². The van der Waals surface area contributed by atoms with Gasteiger partial charge in [0.15, 0.2) is 0 Å². The fourth-order valence-corrected chi connectivity index (χ4v) is 1.32. The van der Waals surface area contributed by atoms with Gasteiger partial charge in [0, 0.05) is 24.9 Å². The molecule has 0 N–H and O–H groups in total. The molecule has 0 bridgehead atoms. The van der Waals surface area contributed by atoms with Crippen LogP contribution in [0.15, 0.2) is 29.3 Å². The molecular weight excluding hydrogens is 219 g/mol. The summed E-state index contributed by atoms with van der Waals surface area (Å²) in [5.41, 5.74) is 0.986. The molecule has 17 heavy (non-hydrogen) atoms. The summed E-state index contributed by atoms with van der Waals surface area (Å²) in [6.45, 7) is 4.31. The van der Waals surface area contributed by atoms with Gasteiger partial charge in [-0.2, -0.15) is 0 Å². The predicted molar refractivity (Wildman–Crippen MR) is 66.8 cm³/mol. The molecule has 1 amide bonds. The maximum Gasteiger partial charge on any atom is 0.243 e. The maximum atomic E-state index is 13.4. The molecule has 1 rings (SSSR count). The third-order valence-electron chi connectivity index (χ3n) is 2.62. The SMILES string of the molecule is CCN(C)C(=O)CN=C(C)c1ccccc1F. The lowest BCUT2D eigenvalue weighted by Crippen LogP contribution is -2.28. The Kier molecular flexibility index (Phi) is 4.82. The Balaban J connectivity index is 2.74. The minimum atomic E-state index is -0.315. The molecule has 3 nitrogen and oxygen atoms in total. The Morgan fingerprint density at radius 3 is 2.65 bits per heavy atom. The van der Waals surface area contributed by atoms with Crippen LogP contribution in [0.5, 0.6) is 0 Å². The van der Waals surface area contributed by atoms with E-state index in [4.69, 9.17) is 0 Å². The molecule has 1 aromatic carbocycles. The molecule has 0 aromatic heterocycles. The lowest BCUT2D eigenvalue weighted by molar-refractivity contribution is -0.128. The number of aliphatic imine (C=N–C) groups is 1. The first-order valence-corrected chi connectivity index (χ1v) is 5.56. The van der Waals surface area contributed by atoms with Crippen LogP contribution in [0.1, 0.15) is 19.4 Å². The number of halogens is 1. The second-order valence-electron chi connectivity index (χ2n) is 3.79. The third kappa shape index (κ3) is 3.66. The number of rotatable bonds is 4. The molecule has 0 aliphatic heterocycles. The molecule has 0 saturated heterocycles. The standard InChI is InChI=1S/C13H17FN2O/c1-4-16(3)13(17)9-15-10(2)11-7-5-6-8-12(11)14/h5-8H,4,9H2,1-3H3. The van der Waals surface area contributed by atoms with Crippen molar-refractivity contribution >= 4 is 11.6 Å². The lowest BCUT2D eigenvalue weighted by atomic mass is 10.1. The van der Waals surface area contributed by atoms with Gasteiger partial charge in [-0.05, 0) is 19.9 Å². The average Bonchev–Trinajstić information content (AvgIpc) is 2.35. The summed E-state index contributed by atoms with van der Waals surface area (Å²) in [5.74, 6) is -0.381. The van der Waals surface area contributed by atoms with Crippen LogP contribution in [0, 0.1) is 5.82 Å². The van der Waals surface area contributed by atoms with Gasteiger partial charge in [-0.25, -0.2) is 4.39 Å².